The Morgan fingerprint density at radius 1 is 1.25 bits per heavy atom. The molecule has 1 atom stereocenters. The largest absolute Gasteiger partial charge is 0.369 e. The standard InChI is InChI=1S/C22H27N7O3/c1-16-19(13-25-26-22(16)31)29-6-2-3-18(29)14-32-15-21(30)28-9-7-27(8-10-28)20-5-4-17(11-23)12-24-20/h4-5,12-13,18H,2-3,6-10,14-15H2,1H3,(H,26,31)/t18-/m0/s1. The first-order valence-corrected chi connectivity index (χ1v) is 10.8. The summed E-state index contributed by atoms with van der Waals surface area (Å²) in [5, 5.41) is 15.3. The Hall–Kier alpha value is -3.45. The normalized spacial score (nSPS) is 18.6. The van der Waals surface area contributed by atoms with Crippen molar-refractivity contribution in [3.8, 4) is 6.07 Å². The molecule has 0 saturated carbocycles. The summed E-state index contributed by atoms with van der Waals surface area (Å²) in [4.78, 5) is 34.9. The van der Waals surface area contributed by atoms with Gasteiger partial charge in [-0.15, -0.1) is 0 Å². The minimum Gasteiger partial charge on any atom is -0.369 e. The molecular weight excluding hydrogens is 410 g/mol. The van der Waals surface area contributed by atoms with E-state index >= 15 is 0 Å². The fourth-order valence-electron chi connectivity index (χ4n) is 4.26. The molecule has 2 saturated heterocycles. The van der Waals surface area contributed by atoms with Crippen LogP contribution in [0.15, 0.2) is 29.3 Å². The zero-order chi connectivity index (χ0) is 22.5. The minimum atomic E-state index is -0.181. The molecule has 0 bridgehead atoms. The predicted octanol–water partition coefficient (Wildman–Crippen LogP) is 0.679. The number of hydrogen-bond acceptors (Lipinski definition) is 8. The number of carbonyl (C=O) groups excluding carboxylic acids is 1. The number of ether oxygens (including phenoxy) is 1. The molecule has 0 aromatic carbocycles. The molecule has 2 fully saturated rings. The number of carbonyl (C=O) groups is 1. The second-order valence-corrected chi connectivity index (χ2v) is 8.10. The molecular formula is C22H27N7O3. The Morgan fingerprint density at radius 3 is 2.78 bits per heavy atom. The van der Waals surface area contributed by atoms with Crippen LogP contribution in [0.25, 0.3) is 0 Å². The van der Waals surface area contributed by atoms with Gasteiger partial charge in [0.25, 0.3) is 5.56 Å². The number of amides is 1. The lowest BCUT2D eigenvalue weighted by Crippen LogP contribution is -2.50. The topological polar surface area (TPSA) is 118 Å². The van der Waals surface area contributed by atoms with Crippen LogP contribution in [0, 0.1) is 18.3 Å². The van der Waals surface area contributed by atoms with Crippen molar-refractivity contribution in [2.75, 3.05) is 55.7 Å². The van der Waals surface area contributed by atoms with Crippen LogP contribution in [0.1, 0.15) is 24.0 Å². The Balaban J connectivity index is 1.24. The van der Waals surface area contributed by atoms with Crippen molar-refractivity contribution in [1.29, 1.82) is 5.26 Å². The van der Waals surface area contributed by atoms with E-state index in [0.717, 1.165) is 30.9 Å². The van der Waals surface area contributed by atoms with Crippen molar-refractivity contribution < 1.29 is 9.53 Å². The van der Waals surface area contributed by atoms with Crippen LogP contribution in [-0.2, 0) is 9.53 Å². The molecule has 4 heterocycles. The van der Waals surface area contributed by atoms with E-state index in [1.807, 2.05) is 11.0 Å². The number of anilines is 2. The molecule has 1 amide bonds. The second-order valence-electron chi connectivity index (χ2n) is 8.10. The van der Waals surface area contributed by atoms with Crippen LogP contribution in [0.4, 0.5) is 11.5 Å². The highest BCUT2D eigenvalue weighted by molar-refractivity contribution is 5.77. The highest BCUT2D eigenvalue weighted by Gasteiger charge is 2.28. The molecule has 0 spiro atoms. The summed E-state index contributed by atoms with van der Waals surface area (Å²) in [7, 11) is 0. The van der Waals surface area contributed by atoms with Gasteiger partial charge in [0, 0.05) is 44.5 Å². The SMILES string of the molecule is Cc1c(N2CCC[C@H]2COCC(=O)N2CCN(c3ccc(C#N)cn3)CC2)cn[nH]c1=O. The second kappa shape index (κ2) is 9.78. The van der Waals surface area contributed by atoms with Gasteiger partial charge in [0.05, 0.1) is 30.1 Å². The molecule has 32 heavy (non-hydrogen) atoms. The molecule has 2 aromatic heterocycles. The van der Waals surface area contributed by atoms with Gasteiger partial charge in [-0.05, 0) is 31.9 Å². The van der Waals surface area contributed by atoms with Gasteiger partial charge in [-0.25, -0.2) is 10.1 Å². The minimum absolute atomic E-state index is 0.0176. The van der Waals surface area contributed by atoms with E-state index in [-0.39, 0.29) is 24.1 Å². The zero-order valence-electron chi connectivity index (χ0n) is 18.2. The molecule has 1 N–H and O–H groups in total. The lowest BCUT2D eigenvalue weighted by Gasteiger charge is -2.35. The average molecular weight is 438 g/mol. The van der Waals surface area contributed by atoms with E-state index in [4.69, 9.17) is 10.00 Å². The van der Waals surface area contributed by atoms with E-state index in [9.17, 15) is 9.59 Å². The lowest BCUT2D eigenvalue weighted by molar-refractivity contribution is -0.136. The highest BCUT2D eigenvalue weighted by atomic mass is 16.5. The van der Waals surface area contributed by atoms with Crippen molar-refractivity contribution >= 4 is 17.4 Å². The summed E-state index contributed by atoms with van der Waals surface area (Å²) in [6.45, 7) is 5.72. The van der Waals surface area contributed by atoms with E-state index in [1.54, 1.807) is 25.4 Å². The first-order chi connectivity index (χ1) is 15.6. The van der Waals surface area contributed by atoms with Gasteiger partial charge >= 0.3 is 0 Å². The summed E-state index contributed by atoms with van der Waals surface area (Å²) in [6.07, 6.45) is 5.22. The molecule has 0 radical (unpaired) electrons. The van der Waals surface area contributed by atoms with Crippen LogP contribution in [0.5, 0.6) is 0 Å². The van der Waals surface area contributed by atoms with Crippen LogP contribution >= 0.6 is 0 Å². The number of piperazine rings is 1. The number of nitriles is 1. The third-order valence-corrected chi connectivity index (χ3v) is 6.13. The van der Waals surface area contributed by atoms with Gasteiger partial charge in [-0.1, -0.05) is 0 Å². The summed E-state index contributed by atoms with van der Waals surface area (Å²) in [5.41, 5.74) is 1.84. The first-order valence-electron chi connectivity index (χ1n) is 10.8. The van der Waals surface area contributed by atoms with Crippen LogP contribution in [0.3, 0.4) is 0 Å². The van der Waals surface area contributed by atoms with E-state index in [1.165, 1.54) is 0 Å². The van der Waals surface area contributed by atoms with Crippen molar-refractivity contribution in [2.24, 2.45) is 0 Å². The molecule has 10 heteroatoms. The van der Waals surface area contributed by atoms with Gasteiger partial charge < -0.3 is 19.4 Å². The molecule has 0 aliphatic carbocycles. The van der Waals surface area contributed by atoms with Crippen molar-refractivity contribution in [1.82, 2.24) is 20.1 Å². The van der Waals surface area contributed by atoms with Gasteiger partial charge in [0.15, 0.2) is 0 Å². The molecule has 10 nitrogen and oxygen atoms in total. The summed E-state index contributed by atoms with van der Waals surface area (Å²) in [5.74, 6) is 0.800. The number of pyridine rings is 1. The summed E-state index contributed by atoms with van der Waals surface area (Å²) < 4.78 is 5.80. The molecule has 2 aromatic rings. The third-order valence-electron chi connectivity index (χ3n) is 6.13. The number of aromatic amines is 1. The van der Waals surface area contributed by atoms with Crippen molar-refractivity contribution in [2.45, 2.75) is 25.8 Å². The van der Waals surface area contributed by atoms with Gasteiger partial charge in [-0.2, -0.15) is 10.4 Å². The smallest absolute Gasteiger partial charge is 0.269 e. The maximum absolute atomic E-state index is 12.6. The number of H-pyrrole nitrogens is 1. The van der Waals surface area contributed by atoms with Crippen molar-refractivity contribution in [3.05, 3.63) is 46.0 Å². The number of aromatic nitrogens is 3. The Labute approximate surface area is 186 Å². The van der Waals surface area contributed by atoms with Gasteiger partial charge in [0.1, 0.15) is 18.5 Å². The number of hydrogen-bond donors (Lipinski definition) is 1. The number of rotatable bonds is 6. The van der Waals surface area contributed by atoms with Gasteiger partial charge in [0.2, 0.25) is 5.91 Å². The van der Waals surface area contributed by atoms with Gasteiger partial charge in [-0.3, -0.25) is 9.59 Å². The van der Waals surface area contributed by atoms with Crippen LogP contribution < -0.4 is 15.4 Å². The maximum atomic E-state index is 12.6. The number of nitrogens with zero attached hydrogens (tertiary/aromatic N) is 6. The van der Waals surface area contributed by atoms with Crippen molar-refractivity contribution in [3.63, 3.8) is 0 Å². The first kappa shape index (κ1) is 21.8. The lowest BCUT2D eigenvalue weighted by atomic mass is 10.2. The fourth-order valence-corrected chi connectivity index (χ4v) is 4.26. The monoisotopic (exact) mass is 437 g/mol. The molecule has 2 aliphatic rings. The fraction of sp³-hybridized carbons (Fsp3) is 0.500. The molecule has 4 rings (SSSR count). The zero-order valence-corrected chi connectivity index (χ0v) is 18.2. The van der Waals surface area contributed by atoms with E-state index < -0.39 is 0 Å². The quantitative estimate of drug-likeness (QED) is 0.701. The summed E-state index contributed by atoms with van der Waals surface area (Å²) in [6, 6.07) is 5.79. The van der Waals surface area contributed by atoms with Crippen LogP contribution in [0.2, 0.25) is 0 Å². The molecule has 2 aliphatic heterocycles. The highest BCUT2D eigenvalue weighted by Crippen LogP contribution is 2.26. The average Bonchev–Trinajstić information content (AvgIpc) is 3.29. The Bertz CT molecular complexity index is 1040. The van der Waals surface area contributed by atoms with Crippen LogP contribution in [-0.4, -0.2) is 78.0 Å². The maximum Gasteiger partial charge on any atom is 0.269 e. The molecule has 168 valence electrons. The Morgan fingerprint density at radius 2 is 2.06 bits per heavy atom. The Kier molecular flexibility index (Phi) is 6.66. The molecule has 0 unspecified atom stereocenters. The third kappa shape index (κ3) is 4.73. The summed E-state index contributed by atoms with van der Waals surface area (Å²) >= 11 is 0. The number of nitrogens with one attached hydrogen (secondary N) is 1. The van der Waals surface area contributed by atoms with E-state index in [0.29, 0.717) is 43.9 Å². The predicted molar refractivity (Wildman–Crippen MR) is 119 cm³/mol. The van der Waals surface area contributed by atoms with E-state index in [2.05, 4.69) is 31.1 Å².